The van der Waals surface area contributed by atoms with Crippen LogP contribution in [-0.4, -0.2) is 51.9 Å². The van der Waals surface area contributed by atoms with Crippen LogP contribution in [-0.2, 0) is 20.7 Å². The molecule has 0 saturated carbocycles. The summed E-state index contributed by atoms with van der Waals surface area (Å²) in [6.07, 6.45) is 2.25. The fourth-order valence-electron chi connectivity index (χ4n) is 3.67. The number of ether oxygens (including phenoxy) is 1. The van der Waals surface area contributed by atoms with Crippen molar-refractivity contribution < 1.29 is 14.3 Å². The van der Waals surface area contributed by atoms with E-state index in [9.17, 15) is 9.59 Å². The molecule has 1 aliphatic rings. The summed E-state index contributed by atoms with van der Waals surface area (Å²) >= 11 is 2.88. The third-order valence-corrected chi connectivity index (χ3v) is 7.44. The fourth-order valence-corrected chi connectivity index (χ4v) is 5.66. The molecule has 3 rings (SSSR count). The number of rotatable bonds is 8. The topological polar surface area (TPSA) is 84.4 Å². The van der Waals surface area contributed by atoms with Crippen molar-refractivity contribution in [1.29, 1.82) is 0 Å². The van der Waals surface area contributed by atoms with E-state index in [0.717, 1.165) is 21.6 Å². The number of hydrogen-bond acceptors (Lipinski definition) is 8. The molecule has 31 heavy (non-hydrogen) atoms. The summed E-state index contributed by atoms with van der Waals surface area (Å²) in [4.78, 5) is 26.6. The van der Waals surface area contributed by atoms with Crippen molar-refractivity contribution in [2.45, 2.75) is 56.5 Å². The van der Waals surface area contributed by atoms with Crippen molar-refractivity contribution in [1.82, 2.24) is 15.1 Å². The molecule has 0 aliphatic carbocycles. The maximum absolute atomic E-state index is 12.9. The van der Waals surface area contributed by atoms with Crippen LogP contribution in [0.25, 0.3) is 0 Å². The van der Waals surface area contributed by atoms with Crippen LogP contribution in [0.3, 0.4) is 0 Å². The maximum Gasteiger partial charge on any atom is 0.309 e. The summed E-state index contributed by atoms with van der Waals surface area (Å²) in [6.45, 7) is 9.48. The van der Waals surface area contributed by atoms with E-state index >= 15 is 0 Å². The van der Waals surface area contributed by atoms with Crippen LogP contribution >= 0.6 is 23.1 Å². The number of carbonyl (C=O) groups is 2. The van der Waals surface area contributed by atoms with Crippen molar-refractivity contribution in [2.24, 2.45) is 5.92 Å². The van der Waals surface area contributed by atoms with Crippen LogP contribution in [0.5, 0.6) is 0 Å². The Hall–Kier alpha value is -2.13. The molecular weight excluding hydrogens is 432 g/mol. The minimum Gasteiger partial charge on any atom is -0.466 e. The lowest BCUT2D eigenvalue weighted by atomic mass is 9.97. The Balaban J connectivity index is 1.55. The molecule has 2 aromatic rings. The highest BCUT2D eigenvalue weighted by molar-refractivity contribution is 8.02. The first kappa shape index (κ1) is 23.5. The highest BCUT2D eigenvalue weighted by atomic mass is 32.2. The third kappa shape index (κ3) is 5.98. The normalized spacial score (nSPS) is 15.5. The highest BCUT2D eigenvalue weighted by Gasteiger charge is 2.30. The second kappa shape index (κ2) is 10.9. The smallest absolute Gasteiger partial charge is 0.309 e. The van der Waals surface area contributed by atoms with Crippen LogP contribution < -0.4 is 5.32 Å². The standard InChI is InChI=1S/C22H30N4O3S2/c1-5-16-9-7-8-14(3)18(16)23-21-24-25-22(31-21)30-15(4)19(27)26-12-10-17(11-13-26)20(28)29-6-2/h7-9,15,17H,5-6,10-13H2,1-4H3,(H,23,24). The number of esters is 1. The van der Waals surface area contributed by atoms with E-state index in [1.807, 2.05) is 18.7 Å². The average molecular weight is 463 g/mol. The number of aromatic nitrogens is 2. The maximum atomic E-state index is 12.9. The van der Waals surface area contributed by atoms with Crippen LogP contribution in [0.2, 0.25) is 0 Å². The number of amides is 1. The van der Waals surface area contributed by atoms with Crippen LogP contribution in [0.1, 0.15) is 44.7 Å². The number of anilines is 2. The quantitative estimate of drug-likeness (QED) is 0.459. The third-order valence-electron chi connectivity index (χ3n) is 5.43. The molecule has 1 fully saturated rings. The number of nitrogens with one attached hydrogen (secondary N) is 1. The van der Waals surface area contributed by atoms with Gasteiger partial charge in [-0.15, -0.1) is 10.2 Å². The minimum atomic E-state index is -0.260. The molecule has 168 valence electrons. The Bertz CT molecular complexity index is 910. The van der Waals surface area contributed by atoms with E-state index < -0.39 is 0 Å². The zero-order valence-electron chi connectivity index (χ0n) is 18.5. The predicted octanol–water partition coefficient (Wildman–Crippen LogP) is 4.43. The van der Waals surface area contributed by atoms with Gasteiger partial charge in [0.05, 0.1) is 17.8 Å². The lowest BCUT2D eigenvalue weighted by Crippen LogP contribution is -2.43. The van der Waals surface area contributed by atoms with Gasteiger partial charge < -0.3 is 15.0 Å². The SMILES string of the molecule is CCOC(=O)C1CCN(C(=O)C(C)Sc2nnc(Nc3c(C)cccc3CC)s2)CC1. The molecule has 0 radical (unpaired) electrons. The van der Waals surface area contributed by atoms with Gasteiger partial charge in [-0.05, 0) is 51.2 Å². The number of piperidine rings is 1. The summed E-state index contributed by atoms with van der Waals surface area (Å²) in [5.41, 5.74) is 3.48. The molecule has 1 saturated heterocycles. The fraction of sp³-hybridized carbons (Fsp3) is 0.545. The average Bonchev–Trinajstić information content (AvgIpc) is 3.21. The van der Waals surface area contributed by atoms with Crippen molar-refractivity contribution in [3.8, 4) is 0 Å². The van der Waals surface area contributed by atoms with E-state index in [4.69, 9.17) is 4.74 Å². The Morgan fingerprint density at radius 3 is 2.71 bits per heavy atom. The van der Waals surface area contributed by atoms with Gasteiger partial charge in [0.1, 0.15) is 0 Å². The Morgan fingerprint density at radius 2 is 2.03 bits per heavy atom. The summed E-state index contributed by atoms with van der Waals surface area (Å²) in [7, 11) is 0. The molecule has 9 heteroatoms. The summed E-state index contributed by atoms with van der Waals surface area (Å²) in [6, 6.07) is 6.24. The zero-order chi connectivity index (χ0) is 22.4. The van der Waals surface area contributed by atoms with Crippen LogP contribution in [0.15, 0.2) is 22.5 Å². The van der Waals surface area contributed by atoms with Gasteiger partial charge >= 0.3 is 5.97 Å². The first-order valence-electron chi connectivity index (χ1n) is 10.7. The molecule has 1 N–H and O–H groups in total. The number of thioether (sulfide) groups is 1. The number of carbonyl (C=O) groups excluding carboxylic acids is 2. The van der Waals surface area contributed by atoms with Crippen molar-refractivity contribution in [2.75, 3.05) is 25.0 Å². The van der Waals surface area contributed by atoms with Gasteiger partial charge in [-0.25, -0.2) is 0 Å². The summed E-state index contributed by atoms with van der Waals surface area (Å²) in [5, 5.41) is 12.4. The van der Waals surface area contributed by atoms with E-state index in [1.165, 1.54) is 34.2 Å². The predicted molar refractivity (Wildman–Crippen MR) is 125 cm³/mol. The van der Waals surface area contributed by atoms with Gasteiger partial charge in [0.15, 0.2) is 4.34 Å². The minimum absolute atomic E-state index is 0.0733. The highest BCUT2D eigenvalue weighted by Crippen LogP contribution is 2.33. The number of benzene rings is 1. The first-order valence-corrected chi connectivity index (χ1v) is 12.4. The van der Waals surface area contributed by atoms with Gasteiger partial charge in [-0.2, -0.15) is 0 Å². The monoisotopic (exact) mass is 462 g/mol. The molecule has 1 amide bonds. The number of para-hydroxylation sites is 1. The van der Waals surface area contributed by atoms with Crippen molar-refractivity contribution >= 4 is 45.8 Å². The molecule has 1 atom stereocenters. The van der Waals surface area contributed by atoms with E-state index in [1.54, 1.807) is 0 Å². The van der Waals surface area contributed by atoms with E-state index in [0.29, 0.717) is 32.5 Å². The van der Waals surface area contributed by atoms with Gasteiger partial charge in [0.25, 0.3) is 0 Å². The number of likely N-dealkylation sites (tertiary alicyclic amines) is 1. The molecule has 0 spiro atoms. The molecule has 0 bridgehead atoms. The molecule has 2 heterocycles. The number of aryl methyl sites for hydroxylation is 2. The number of hydrogen-bond donors (Lipinski definition) is 1. The zero-order valence-corrected chi connectivity index (χ0v) is 20.1. The molecule has 7 nitrogen and oxygen atoms in total. The lowest BCUT2D eigenvalue weighted by molar-refractivity contribution is -0.151. The number of nitrogens with zero attached hydrogens (tertiary/aromatic N) is 3. The lowest BCUT2D eigenvalue weighted by Gasteiger charge is -2.32. The van der Waals surface area contributed by atoms with Gasteiger partial charge in [-0.1, -0.05) is 48.2 Å². The molecule has 1 aromatic heterocycles. The molecule has 1 aromatic carbocycles. The van der Waals surface area contributed by atoms with E-state index in [2.05, 4.69) is 47.6 Å². The van der Waals surface area contributed by atoms with Crippen LogP contribution in [0, 0.1) is 12.8 Å². The molecule has 1 aliphatic heterocycles. The second-order valence-corrected chi connectivity index (χ2v) is 10.1. The van der Waals surface area contributed by atoms with Crippen molar-refractivity contribution in [3.63, 3.8) is 0 Å². The first-order chi connectivity index (χ1) is 14.9. The summed E-state index contributed by atoms with van der Waals surface area (Å²) < 4.78 is 5.86. The van der Waals surface area contributed by atoms with Gasteiger partial charge in [0, 0.05) is 18.8 Å². The second-order valence-electron chi connectivity index (χ2n) is 7.57. The molecular formula is C22H30N4O3S2. The molecule has 1 unspecified atom stereocenters. The van der Waals surface area contributed by atoms with Crippen LogP contribution in [0.4, 0.5) is 10.8 Å². The largest absolute Gasteiger partial charge is 0.466 e. The van der Waals surface area contributed by atoms with Gasteiger partial charge in [-0.3, -0.25) is 9.59 Å². The van der Waals surface area contributed by atoms with Crippen molar-refractivity contribution in [3.05, 3.63) is 29.3 Å². The Morgan fingerprint density at radius 1 is 1.29 bits per heavy atom. The summed E-state index contributed by atoms with van der Waals surface area (Å²) in [5.74, 6) is -0.173. The Kier molecular flexibility index (Phi) is 8.31. The Labute approximate surface area is 192 Å². The van der Waals surface area contributed by atoms with Gasteiger partial charge in [0.2, 0.25) is 11.0 Å². The van der Waals surface area contributed by atoms with E-state index in [-0.39, 0.29) is 23.0 Å².